The maximum absolute atomic E-state index is 11.7. The highest BCUT2D eigenvalue weighted by Crippen LogP contribution is 2.39. The zero-order chi connectivity index (χ0) is 15.0. The topological polar surface area (TPSA) is 26.3 Å². The van der Waals surface area contributed by atoms with Crippen LogP contribution in [0.1, 0.15) is 40.9 Å². The third-order valence-electron chi connectivity index (χ3n) is 4.27. The van der Waals surface area contributed by atoms with Gasteiger partial charge in [-0.25, -0.2) is 0 Å². The van der Waals surface area contributed by atoms with Crippen molar-refractivity contribution in [1.29, 1.82) is 0 Å². The van der Waals surface area contributed by atoms with Gasteiger partial charge >= 0.3 is 0 Å². The second kappa shape index (κ2) is 5.36. The number of rotatable bonds is 3. The van der Waals surface area contributed by atoms with Crippen LogP contribution in [0.3, 0.4) is 0 Å². The highest BCUT2D eigenvalue weighted by molar-refractivity contribution is 5.96. The Hall–Kier alpha value is -2.09. The molecule has 108 valence electrons. The van der Waals surface area contributed by atoms with Crippen LogP contribution in [0.25, 0.3) is 11.1 Å². The molecule has 2 nitrogen and oxygen atoms in total. The Kier molecular flexibility index (Phi) is 3.54. The van der Waals surface area contributed by atoms with Crippen molar-refractivity contribution in [2.45, 2.75) is 33.6 Å². The molecule has 1 aliphatic heterocycles. The molecule has 3 rings (SSSR count). The van der Waals surface area contributed by atoms with Crippen LogP contribution in [0, 0.1) is 6.92 Å². The summed E-state index contributed by atoms with van der Waals surface area (Å²) >= 11 is 0. The van der Waals surface area contributed by atoms with Crippen LogP contribution < -0.4 is 4.74 Å². The van der Waals surface area contributed by atoms with E-state index in [0.717, 1.165) is 47.5 Å². The van der Waals surface area contributed by atoms with Gasteiger partial charge in [-0.1, -0.05) is 37.3 Å². The molecule has 0 aliphatic carbocycles. The zero-order valence-corrected chi connectivity index (χ0v) is 12.8. The molecule has 0 aromatic heterocycles. The number of fused-ring (bicyclic) bond motifs is 1. The molecule has 2 heteroatoms. The first-order chi connectivity index (χ1) is 10.1. The Balaban J connectivity index is 2.14. The Morgan fingerprint density at radius 1 is 1.24 bits per heavy atom. The van der Waals surface area contributed by atoms with E-state index in [0.29, 0.717) is 0 Å². The predicted molar refractivity (Wildman–Crippen MR) is 85.2 cm³/mol. The van der Waals surface area contributed by atoms with Crippen molar-refractivity contribution in [2.75, 3.05) is 6.61 Å². The summed E-state index contributed by atoms with van der Waals surface area (Å²) < 4.78 is 5.85. The second-order valence-electron chi connectivity index (χ2n) is 5.62. The van der Waals surface area contributed by atoms with Crippen LogP contribution in [0.2, 0.25) is 0 Å². The number of ether oxygens (including phenoxy) is 1. The third-order valence-corrected chi connectivity index (χ3v) is 4.27. The number of carbonyl (C=O) groups excluding carboxylic acids is 1. The fourth-order valence-corrected chi connectivity index (χ4v) is 3.08. The minimum Gasteiger partial charge on any atom is -0.492 e. The molecule has 0 N–H and O–H groups in total. The van der Waals surface area contributed by atoms with E-state index in [1.807, 2.05) is 12.1 Å². The summed E-state index contributed by atoms with van der Waals surface area (Å²) in [6, 6.07) is 10.4. The van der Waals surface area contributed by atoms with Crippen LogP contribution in [-0.4, -0.2) is 12.4 Å². The van der Waals surface area contributed by atoms with Gasteiger partial charge in [-0.3, -0.25) is 4.79 Å². The molecule has 2 aromatic carbocycles. The molecule has 0 saturated carbocycles. The van der Waals surface area contributed by atoms with E-state index in [1.165, 1.54) is 11.1 Å². The summed E-state index contributed by atoms with van der Waals surface area (Å²) in [7, 11) is 0. The van der Waals surface area contributed by atoms with E-state index in [2.05, 4.69) is 32.0 Å². The van der Waals surface area contributed by atoms with Gasteiger partial charge in [0.15, 0.2) is 5.78 Å². The SMILES string of the molecule is CCc1cc(-c2ccc(C)c3c2OCC3)ccc1C(C)=O. The number of aryl methyl sites for hydroxylation is 2. The lowest BCUT2D eigenvalue weighted by molar-refractivity contribution is 0.101. The Bertz CT molecular complexity index is 714. The Morgan fingerprint density at radius 2 is 2.05 bits per heavy atom. The number of carbonyl (C=O) groups is 1. The lowest BCUT2D eigenvalue weighted by atomic mass is 9.93. The molecule has 1 heterocycles. The molecule has 0 bridgehead atoms. The lowest BCUT2D eigenvalue weighted by Crippen LogP contribution is -1.99. The molecule has 0 spiro atoms. The fraction of sp³-hybridized carbons (Fsp3) is 0.316. The minimum absolute atomic E-state index is 0.129. The van der Waals surface area contributed by atoms with Gasteiger partial charge < -0.3 is 4.74 Å². The molecule has 0 amide bonds. The maximum atomic E-state index is 11.7. The standard InChI is InChI=1S/C19H20O2/c1-4-14-11-15(6-8-17(14)13(3)20)18-7-5-12(2)16-9-10-21-19(16)18/h5-8,11H,4,9-10H2,1-3H3. The lowest BCUT2D eigenvalue weighted by Gasteiger charge is -2.13. The van der Waals surface area contributed by atoms with Gasteiger partial charge in [-0.05, 0) is 37.0 Å². The summed E-state index contributed by atoms with van der Waals surface area (Å²) in [5.41, 5.74) is 6.81. The van der Waals surface area contributed by atoms with Gasteiger partial charge in [0, 0.05) is 23.1 Å². The predicted octanol–water partition coefficient (Wildman–Crippen LogP) is 4.36. The summed E-state index contributed by atoms with van der Waals surface area (Å²) in [6.45, 7) is 6.61. The van der Waals surface area contributed by atoms with Crippen molar-refractivity contribution in [3.8, 4) is 16.9 Å². The smallest absolute Gasteiger partial charge is 0.160 e. The highest BCUT2D eigenvalue weighted by Gasteiger charge is 2.20. The molecule has 2 aromatic rings. The van der Waals surface area contributed by atoms with Crippen LogP contribution in [-0.2, 0) is 12.8 Å². The van der Waals surface area contributed by atoms with E-state index in [4.69, 9.17) is 4.74 Å². The zero-order valence-electron chi connectivity index (χ0n) is 12.8. The number of Topliss-reactive ketones (excluding diaryl/α,β-unsaturated/α-hetero) is 1. The molecular weight excluding hydrogens is 260 g/mol. The van der Waals surface area contributed by atoms with Crippen molar-refractivity contribution in [1.82, 2.24) is 0 Å². The number of benzene rings is 2. The summed E-state index contributed by atoms with van der Waals surface area (Å²) in [6.07, 6.45) is 1.85. The van der Waals surface area contributed by atoms with E-state index < -0.39 is 0 Å². The number of hydrogen-bond donors (Lipinski definition) is 0. The van der Waals surface area contributed by atoms with Crippen LogP contribution in [0.15, 0.2) is 30.3 Å². The third kappa shape index (κ3) is 2.35. The largest absolute Gasteiger partial charge is 0.492 e. The summed E-state index contributed by atoms with van der Waals surface area (Å²) in [5, 5.41) is 0. The van der Waals surface area contributed by atoms with Crippen molar-refractivity contribution in [2.24, 2.45) is 0 Å². The van der Waals surface area contributed by atoms with Crippen LogP contribution >= 0.6 is 0 Å². The molecule has 1 aliphatic rings. The van der Waals surface area contributed by atoms with Crippen LogP contribution in [0.5, 0.6) is 5.75 Å². The van der Waals surface area contributed by atoms with Crippen molar-refractivity contribution in [3.05, 3.63) is 52.6 Å². The molecule has 0 saturated heterocycles. The highest BCUT2D eigenvalue weighted by atomic mass is 16.5. The van der Waals surface area contributed by atoms with Crippen molar-refractivity contribution in [3.63, 3.8) is 0 Å². The quantitative estimate of drug-likeness (QED) is 0.781. The first-order valence-corrected chi connectivity index (χ1v) is 7.51. The average molecular weight is 280 g/mol. The fourth-order valence-electron chi connectivity index (χ4n) is 3.08. The van der Waals surface area contributed by atoms with E-state index in [1.54, 1.807) is 6.92 Å². The monoisotopic (exact) mass is 280 g/mol. The van der Waals surface area contributed by atoms with Crippen LogP contribution in [0.4, 0.5) is 0 Å². The van der Waals surface area contributed by atoms with Crippen molar-refractivity contribution < 1.29 is 9.53 Å². The Morgan fingerprint density at radius 3 is 2.76 bits per heavy atom. The minimum atomic E-state index is 0.129. The number of hydrogen-bond acceptors (Lipinski definition) is 2. The van der Waals surface area contributed by atoms with E-state index >= 15 is 0 Å². The van der Waals surface area contributed by atoms with Gasteiger partial charge in [-0.15, -0.1) is 0 Å². The van der Waals surface area contributed by atoms with Crippen molar-refractivity contribution >= 4 is 5.78 Å². The number of ketones is 1. The summed E-state index contributed by atoms with van der Waals surface area (Å²) in [5.74, 6) is 1.15. The molecule has 0 radical (unpaired) electrons. The first-order valence-electron chi connectivity index (χ1n) is 7.51. The molecule has 0 fully saturated rings. The first kappa shape index (κ1) is 13.9. The van der Waals surface area contributed by atoms with Gasteiger partial charge in [0.05, 0.1) is 6.61 Å². The Labute approximate surface area is 125 Å². The molecule has 21 heavy (non-hydrogen) atoms. The average Bonchev–Trinajstić information content (AvgIpc) is 2.97. The van der Waals surface area contributed by atoms with E-state index in [-0.39, 0.29) is 5.78 Å². The molecule has 0 unspecified atom stereocenters. The van der Waals surface area contributed by atoms with Gasteiger partial charge in [0.25, 0.3) is 0 Å². The van der Waals surface area contributed by atoms with Gasteiger partial charge in [0.2, 0.25) is 0 Å². The maximum Gasteiger partial charge on any atom is 0.160 e. The van der Waals surface area contributed by atoms with E-state index in [9.17, 15) is 4.79 Å². The second-order valence-corrected chi connectivity index (χ2v) is 5.62. The summed E-state index contributed by atoms with van der Waals surface area (Å²) in [4.78, 5) is 11.7. The molecular formula is C19H20O2. The normalized spacial score (nSPS) is 12.9. The molecule has 0 atom stereocenters. The van der Waals surface area contributed by atoms with Gasteiger partial charge in [0.1, 0.15) is 5.75 Å². The van der Waals surface area contributed by atoms with Gasteiger partial charge in [-0.2, -0.15) is 0 Å².